The Morgan fingerprint density at radius 1 is 1.17 bits per heavy atom. The van der Waals surface area contributed by atoms with Crippen LogP contribution in [0.5, 0.6) is 0 Å². The first kappa shape index (κ1) is 17.3. The van der Waals surface area contributed by atoms with Gasteiger partial charge in [0.15, 0.2) is 5.96 Å². The normalized spacial score (nSPS) is 16.0. The summed E-state index contributed by atoms with van der Waals surface area (Å²) in [5, 5.41) is 9.64. The van der Waals surface area contributed by atoms with E-state index in [4.69, 9.17) is 0 Å². The van der Waals surface area contributed by atoms with E-state index in [0.717, 1.165) is 11.5 Å². The summed E-state index contributed by atoms with van der Waals surface area (Å²) in [6.45, 7) is 3.21. The molecule has 0 aliphatic heterocycles. The summed E-state index contributed by atoms with van der Waals surface area (Å²) in [7, 11) is 1.78. The molecule has 0 radical (unpaired) electrons. The van der Waals surface area contributed by atoms with E-state index in [2.05, 4.69) is 20.9 Å². The van der Waals surface area contributed by atoms with Gasteiger partial charge in [-0.05, 0) is 31.9 Å². The number of amides is 1. The number of aliphatic imine (C=N–C) groups is 1. The minimum Gasteiger partial charge on any atom is -0.355 e. The van der Waals surface area contributed by atoms with E-state index in [1.807, 2.05) is 31.2 Å². The first-order valence-corrected chi connectivity index (χ1v) is 8.51. The molecule has 0 aromatic heterocycles. The lowest BCUT2D eigenvalue weighted by Crippen LogP contribution is -2.46. The Labute approximate surface area is 139 Å². The Kier molecular flexibility index (Phi) is 6.91. The number of nitrogens with zero attached hydrogens (tertiary/aromatic N) is 1. The number of hydrogen-bond acceptors (Lipinski definition) is 2. The van der Waals surface area contributed by atoms with Gasteiger partial charge in [0.2, 0.25) is 0 Å². The Morgan fingerprint density at radius 2 is 1.91 bits per heavy atom. The topological polar surface area (TPSA) is 65.5 Å². The van der Waals surface area contributed by atoms with Crippen LogP contribution in [0.4, 0.5) is 0 Å². The Balaban J connectivity index is 1.68. The first-order chi connectivity index (χ1) is 11.2. The zero-order chi connectivity index (χ0) is 16.5. The SMILES string of the molecule is CN=C(NCCNC(=O)c1cccc(C)c1)NC1CCCCC1. The Hall–Kier alpha value is -2.04. The summed E-state index contributed by atoms with van der Waals surface area (Å²) in [6, 6.07) is 8.14. The van der Waals surface area contributed by atoms with Gasteiger partial charge in [0.05, 0.1) is 0 Å². The summed E-state index contributed by atoms with van der Waals surface area (Å²) in [4.78, 5) is 16.3. The van der Waals surface area contributed by atoms with Crippen molar-refractivity contribution in [2.75, 3.05) is 20.1 Å². The van der Waals surface area contributed by atoms with Crippen LogP contribution >= 0.6 is 0 Å². The highest BCUT2D eigenvalue weighted by Crippen LogP contribution is 2.17. The third kappa shape index (κ3) is 5.93. The maximum Gasteiger partial charge on any atom is 0.251 e. The highest BCUT2D eigenvalue weighted by Gasteiger charge is 2.14. The largest absolute Gasteiger partial charge is 0.355 e. The minimum absolute atomic E-state index is 0.0364. The third-order valence-electron chi connectivity index (χ3n) is 4.15. The van der Waals surface area contributed by atoms with E-state index in [1.54, 1.807) is 7.05 Å². The van der Waals surface area contributed by atoms with Crippen molar-refractivity contribution in [3.63, 3.8) is 0 Å². The van der Waals surface area contributed by atoms with Gasteiger partial charge in [-0.3, -0.25) is 9.79 Å². The van der Waals surface area contributed by atoms with Crippen LogP contribution in [0.3, 0.4) is 0 Å². The molecule has 2 rings (SSSR count). The van der Waals surface area contributed by atoms with E-state index in [9.17, 15) is 4.79 Å². The predicted octanol–water partition coefficient (Wildman–Crippen LogP) is 2.22. The average molecular weight is 316 g/mol. The van der Waals surface area contributed by atoms with Crippen LogP contribution in [-0.2, 0) is 0 Å². The summed E-state index contributed by atoms with van der Waals surface area (Å²) < 4.78 is 0. The lowest BCUT2D eigenvalue weighted by atomic mass is 9.96. The second-order valence-corrected chi connectivity index (χ2v) is 6.10. The molecule has 0 unspecified atom stereocenters. The van der Waals surface area contributed by atoms with Gasteiger partial charge in [-0.15, -0.1) is 0 Å². The Bertz CT molecular complexity index is 536. The second-order valence-electron chi connectivity index (χ2n) is 6.10. The molecule has 0 spiro atoms. The first-order valence-electron chi connectivity index (χ1n) is 8.51. The number of aryl methyl sites for hydroxylation is 1. The lowest BCUT2D eigenvalue weighted by molar-refractivity contribution is 0.0954. The van der Waals surface area contributed by atoms with E-state index >= 15 is 0 Å². The molecule has 3 N–H and O–H groups in total. The maximum atomic E-state index is 12.0. The lowest BCUT2D eigenvalue weighted by Gasteiger charge is -2.24. The zero-order valence-electron chi connectivity index (χ0n) is 14.2. The molecule has 5 nitrogen and oxygen atoms in total. The molecule has 1 fully saturated rings. The summed E-state index contributed by atoms with van der Waals surface area (Å²) in [5.74, 6) is 0.785. The molecule has 0 bridgehead atoms. The van der Waals surface area contributed by atoms with Gasteiger partial charge in [-0.1, -0.05) is 37.0 Å². The molecule has 1 aliphatic rings. The van der Waals surface area contributed by atoms with Crippen molar-refractivity contribution in [1.82, 2.24) is 16.0 Å². The highest BCUT2D eigenvalue weighted by molar-refractivity contribution is 5.94. The van der Waals surface area contributed by atoms with Gasteiger partial charge in [0.25, 0.3) is 5.91 Å². The molecule has 1 amide bonds. The fraction of sp³-hybridized carbons (Fsp3) is 0.556. The molecular formula is C18H28N4O. The monoisotopic (exact) mass is 316 g/mol. The third-order valence-corrected chi connectivity index (χ3v) is 4.15. The molecule has 0 saturated heterocycles. The van der Waals surface area contributed by atoms with Gasteiger partial charge in [0.1, 0.15) is 0 Å². The van der Waals surface area contributed by atoms with Crippen LogP contribution in [0.25, 0.3) is 0 Å². The predicted molar refractivity (Wildman–Crippen MR) is 94.9 cm³/mol. The maximum absolute atomic E-state index is 12.0. The summed E-state index contributed by atoms with van der Waals surface area (Å²) >= 11 is 0. The average Bonchev–Trinajstić information content (AvgIpc) is 2.58. The number of guanidine groups is 1. The van der Waals surface area contributed by atoms with Crippen molar-refractivity contribution in [2.24, 2.45) is 4.99 Å². The van der Waals surface area contributed by atoms with Gasteiger partial charge >= 0.3 is 0 Å². The molecule has 1 aromatic carbocycles. The number of nitrogens with one attached hydrogen (secondary N) is 3. The fourth-order valence-electron chi connectivity index (χ4n) is 2.88. The van der Waals surface area contributed by atoms with Crippen molar-refractivity contribution in [3.8, 4) is 0 Å². The van der Waals surface area contributed by atoms with Crippen LogP contribution in [0, 0.1) is 6.92 Å². The van der Waals surface area contributed by atoms with E-state index in [-0.39, 0.29) is 5.91 Å². The molecular weight excluding hydrogens is 288 g/mol. The molecule has 5 heteroatoms. The molecule has 1 saturated carbocycles. The van der Waals surface area contributed by atoms with Crippen molar-refractivity contribution < 1.29 is 4.79 Å². The number of benzene rings is 1. The number of carbonyl (C=O) groups excluding carboxylic acids is 1. The van der Waals surface area contributed by atoms with Crippen LogP contribution in [-0.4, -0.2) is 38.0 Å². The number of hydrogen-bond donors (Lipinski definition) is 3. The second kappa shape index (κ2) is 9.18. The highest BCUT2D eigenvalue weighted by atomic mass is 16.1. The van der Waals surface area contributed by atoms with Gasteiger partial charge in [0, 0.05) is 31.7 Å². The van der Waals surface area contributed by atoms with Gasteiger partial charge < -0.3 is 16.0 Å². The molecule has 0 heterocycles. The minimum atomic E-state index is -0.0364. The standard InChI is InChI=1S/C18H28N4O/c1-14-7-6-8-15(13-14)17(23)20-11-12-21-18(19-2)22-16-9-4-3-5-10-16/h6-8,13,16H,3-5,9-12H2,1-2H3,(H,20,23)(H2,19,21,22). The van der Waals surface area contributed by atoms with Crippen LogP contribution in [0.1, 0.15) is 48.0 Å². The molecule has 23 heavy (non-hydrogen) atoms. The van der Waals surface area contributed by atoms with Crippen LogP contribution in [0.15, 0.2) is 29.3 Å². The van der Waals surface area contributed by atoms with Gasteiger partial charge in [-0.25, -0.2) is 0 Å². The number of carbonyl (C=O) groups is 1. The van der Waals surface area contributed by atoms with Crippen molar-refractivity contribution in [1.29, 1.82) is 0 Å². The number of rotatable bonds is 5. The van der Waals surface area contributed by atoms with Crippen molar-refractivity contribution in [2.45, 2.75) is 45.1 Å². The van der Waals surface area contributed by atoms with E-state index in [1.165, 1.54) is 32.1 Å². The van der Waals surface area contributed by atoms with E-state index in [0.29, 0.717) is 24.7 Å². The Morgan fingerprint density at radius 3 is 2.61 bits per heavy atom. The molecule has 1 aliphatic carbocycles. The summed E-state index contributed by atoms with van der Waals surface area (Å²) in [6.07, 6.45) is 6.35. The zero-order valence-corrected chi connectivity index (χ0v) is 14.2. The smallest absolute Gasteiger partial charge is 0.251 e. The van der Waals surface area contributed by atoms with E-state index < -0.39 is 0 Å². The molecule has 0 atom stereocenters. The van der Waals surface area contributed by atoms with Crippen molar-refractivity contribution >= 4 is 11.9 Å². The molecule has 1 aromatic rings. The summed E-state index contributed by atoms with van der Waals surface area (Å²) in [5.41, 5.74) is 1.79. The fourth-order valence-corrected chi connectivity index (χ4v) is 2.88. The molecule has 126 valence electrons. The quantitative estimate of drug-likeness (QED) is 0.443. The van der Waals surface area contributed by atoms with Crippen LogP contribution in [0.2, 0.25) is 0 Å². The van der Waals surface area contributed by atoms with Gasteiger partial charge in [-0.2, -0.15) is 0 Å². The van der Waals surface area contributed by atoms with Crippen molar-refractivity contribution in [3.05, 3.63) is 35.4 Å². The van der Waals surface area contributed by atoms with Crippen LogP contribution < -0.4 is 16.0 Å².